The number of sulfonamides is 1. The molecule has 0 aliphatic heterocycles. The summed E-state index contributed by atoms with van der Waals surface area (Å²) in [4.78, 5) is 16.1. The molecule has 0 fully saturated rings. The molecule has 0 saturated heterocycles. The summed E-state index contributed by atoms with van der Waals surface area (Å²) < 4.78 is 21.6. The quantitative estimate of drug-likeness (QED) is 0.681. The minimum Gasteiger partial charge on any atom is -0.383 e. The van der Waals surface area contributed by atoms with Crippen molar-refractivity contribution in [2.45, 2.75) is 6.42 Å². The first-order chi connectivity index (χ1) is 9.88. The molecule has 7 nitrogen and oxygen atoms in total. The zero-order valence-corrected chi connectivity index (χ0v) is 12.1. The minimum atomic E-state index is -3.51. The summed E-state index contributed by atoms with van der Waals surface area (Å²) in [7, 11) is -3.51. The molecule has 2 aromatic rings. The van der Waals surface area contributed by atoms with Gasteiger partial charge in [0.15, 0.2) is 0 Å². The number of pyridine rings is 1. The van der Waals surface area contributed by atoms with Gasteiger partial charge in [0.25, 0.3) is 5.91 Å². The highest BCUT2D eigenvalue weighted by atomic mass is 32.2. The Morgan fingerprint density at radius 2 is 1.90 bits per heavy atom. The SMILES string of the molecule is Nc1ncc(C(=O)NCCCS(N)(=O)=O)c2ccccc12. The number of amides is 1. The van der Waals surface area contributed by atoms with Crippen LogP contribution in [0.1, 0.15) is 16.8 Å². The van der Waals surface area contributed by atoms with E-state index in [1.54, 1.807) is 18.2 Å². The number of nitrogens with two attached hydrogens (primary N) is 2. The number of benzene rings is 1. The van der Waals surface area contributed by atoms with Crippen molar-refractivity contribution in [3.8, 4) is 0 Å². The maximum Gasteiger partial charge on any atom is 0.253 e. The topological polar surface area (TPSA) is 128 Å². The normalized spacial score (nSPS) is 11.5. The fraction of sp³-hybridized carbons (Fsp3) is 0.231. The van der Waals surface area contributed by atoms with E-state index in [9.17, 15) is 13.2 Å². The molecule has 0 radical (unpaired) electrons. The number of nitrogens with one attached hydrogen (secondary N) is 1. The second-order valence-corrected chi connectivity index (χ2v) is 6.31. The number of aromatic nitrogens is 1. The Kier molecular flexibility index (Phi) is 4.39. The molecular formula is C13H16N4O3S. The number of carbonyl (C=O) groups excluding carboxylic acids is 1. The van der Waals surface area contributed by atoms with Crippen LogP contribution in [0, 0.1) is 0 Å². The molecule has 0 aliphatic carbocycles. The van der Waals surface area contributed by atoms with E-state index in [-0.39, 0.29) is 24.6 Å². The van der Waals surface area contributed by atoms with Crippen LogP contribution in [-0.2, 0) is 10.0 Å². The number of anilines is 1. The van der Waals surface area contributed by atoms with Crippen LogP contribution in [0.15, 0.2) is 30.5 Å². The minimum absolute atomic E-state index is 0.173. The van der Waals surface area contributed by atoms with E-state index >= 15 is 0 Å². The Labute approximate surface area is 122 Å². The summed E-state index contributed by atoms with van der Waals surface area (Å²) in [6, 6.07) is 7.19. The lowest BCUT2D eigenvalue weighted by molar-refractivity contribution is 0.0955. The molecule has 8 heteroatoms. The molecule has 0 unspecified atom stereocenters. The third-order valence-corrected chi connectivity index (χ3v) is 3.82. The average Bonchev–Trinajstić information content (AvgIpc) is 2.43. The van der Waals surface area contributed by atoms with Gasteiger partial charge in [0.2, 0.25) is 10.0 Å². The second kappa shape index (κ2) is 6.06. The summed E-state index contributed by atoms with van der Waals surface area (Å²) in [6.45, 7) is 0.216. The van der Waals surface area contributed by atoms with Crippen molar-refractivity contribution < 1.29 is 13.2 Å². The molecule has 0 aliphatic rings. The zero-order valence-electron chi connectivity index (χ0n) is 11.2. The van der Waals surface area contributed by atoms with Crippen LogP contribution < -0.4 is 16.2 Å². The van der Waals surface area contributed by atoms with E-state index < -0.39 is 10.0 Å². The highest BCUT2D eigenvalue weighted by molar-refractivity contribution is 7.89. The number of nitrogen functional groups attached to an aromatic ring is 1. The number of rotatable bonds is 5. The van der Waals surface area contributed by atoms with Gasteiger partial charge in [-0.1, -0.05) is 24.3 Å². The smallest absolute Gasteiger partial charge is 0.253 e. The van der Waals surface area contributed by atoms with Gasteiger partial charge in [0.05, 0.1) is 11.3 Å². The van der Waals surface area contributed by atoms with Gasteiger partial charge in [-0.3, -0.25) is 4.79 Å². The second-order valence-electron chi connectivity index (χ2n) is 4.58. The summed E-state index contributed by atoms with van der Waals surface area (Å²) in [6.07, 6.45) is 1.66. The van der Waals surface area contributed by atoms with E-state index in [0.717, 1.165) is 0 Å². The van der Waals surface area contributed by atoms with E-state index in [2.05, 4.69) is 10.3 Å². The number of primary sulfonamides is 1. The van der Waals surface area contributed by atoms with Gasteiger partial charge in [0, 0.05) is 18.1 Å². The summed E-state index contributed by atoms with van der Waals surface area (Å²) in [5.41, 5.74) is 6.17. The monoisotopic (exact) mass is 308 g/mol. The van der Waals surface area contributed by atoms with Crippen LogP contribution in [0.25, 0.3) is 10.8 Å². The molecule has 1 heterocycles. The lowest BCUT2D eigenvalue weighted by Gasteiger charge is -2.08. The van der Waals surface area contributed by atoms with Crippen LogP contribution in [0.2, 0.25) is 0 Å². The van der Waals surface area contributed by atoms with Gasteiger partial charge in [-0.05, 0) is 11.8 Å². The number of hydrogen-bond acceptors (Lipinski definition) is 5. The Balaban J connectivity index is 2.12. The summed E-state index contributed by atoms with van der Waals surface area (Å²) in [5, 5.41) is 8.94. The molecule has 1 aromatic carbocycles. The van der Waals surface area contributed by atoms with Gasteiger partial charge in [0.1, 0.15) is 5.82 Å². The van der Waals surface area contributed by atoms with Gasteiger partial charge in [-0.25, -0.2) is 18.5 Å². The lowest BCUT2D eigenvalue weighted by atomic mass is 10.1. The van der Waals surface area contributed by atoms with Gasteiger partial charge < -0.3 is 11.1 Å². The lowest BCUT2D eigenvalue weighted by Crippen LogP contribution is -2.27. The maximum atomic E-state index is 12.1. The van der Waals surface area contributed by atoms with Crippen molar-refractivity contribution in [1.82, 2.24) is 10.3 Å². The van der Waals surface area contributed by atoms with E-state index in [0.29, 0.717) is 22.2 Å². The third kappa shape index (κ3) is 3.89. The fourth-order valence-corrected chi connectivity index (χ4v) is 2.51. The molecule has 1 aromatic heterocycles. The van der Waals surface area contributed by atoms with Gasteiger partial charge in [-0.15, -0.1) is 0 Å². The number of fused-ring (bicyclic) bond motifs is 1. The summed E-state index contributed by atoms with van der Waals surface area (Å²) >= 11 is 0. The Bertz CT molecular complexity index is 774. The van der Waals surface area contributed by atoms with Crippen molar-refractivity contribution in [3.05, 3.63) is 36.0 Å². The zero-order chi connectivity index (χ0) is 15.5. The van der Waals surface area contributed by atoms with Crippen LogP contribution in [-0.4, -0.2) is 31.6 Å². The summed E-state index contributed by atoms with van der Waals surface area (Å²) in [5.74, 6) is -0.141. The first-order valence-electron chi connectivity index (χ1n) is 6.30. The van der Waals surface area contributed by atoms with Crippen molar-refractivity contribution in [1.29, 1.82) is 0 Å². The number of nitrogens with zero attached hydrogens (tertiary/aromatic N) is 1. The number of hydrogen-bond donors (Lipinski definition) is 3. The third-order valence-electron chi connectivity index (χ3n) is 2.96. The molecule has 21 heavy (non-hydrogen) atoms. The molecule has 0 saturated carbocycles. The number of carbonyl (C=O) groups is 1. The van der Waals surface area contributed by atoms with Crippen molar-refractivity contribution >= 4 is 32.5 Å². The van der Waals surface area contributed by atoms with Crippen LogP contribution in [0.3, 0.4) is 0 Å². The van der Waals surface area contributed by atoms with Gasteiger partial charge >= 0.3 is 0 Å². The van der Waals surface area contributed by atoms with Crippen molar-refractivity contribution in [3.63, 3.8) is 0 Å². The molecular weight excluding hydrogens is 292 g/mol. The molecule has 1 amide bonds. The van der Waals surface area contributed by atoms with Crippen LogP contribution in [0.4, 0.5) is 5.82 Å². The molecule has 2 rings (SSSR count). The highest BCUT2D eigenvalue weighted by Crippen LogP contribution is 2.22. The predicted octanol–water partition coefficient (Wildman–Crippen LogP) is 0.225. The first kappa shape index (κ1) is 15.2. The largest absolute Gasteiger partial charge is 0.383 e. The predicted molar refractivity (Wildman–Crippen MR) is 81.1 cm³/mol. The first-order valence-corrected chi connectivity index (χ1v) is 8.02. The molecule has 0 atom stereocenters. The average molecular weight is 308 g/mol. The Morgan fingerprint density at radius 1 is 1.24 bits per heavy atom. The molecule has 0 spiro atoms. The molecule has 5 N–H and O–H groups in total. The van der Waals surface area contributed by atoms with Crippen LogP contribution >= 0.6 is 0 Å². The highest BCUT2D eigenvalue weighted by Gasteiger charge is 2.12. The maximum absolute atomic E-state index is 12.1. The van der Waals surface area contributed by atoms with E-state index in [1.807, 2.05) is 6.07 Å². The molecule has 0 bridgehead atoms. The van der Waals surface area contributed by atoms with E-state index in [4.69, 9.17) is 10.9 Å². The Morgan fingerprint density at radius 3 is 2.57 bits per heavy atom. The van der Waals surface area contributed by atoms with Crippen LogP contribution in [0.5, 0.6) is 0 Å². The van der Waals surface area contributed by atoms with Crippen molar-refractivity contribution in [2.24, 2.45) is 5.14 Å². The standard InChI is InChI=1S/C13H16N4O3S/c14-12-10-5-2-1-4-9(10)11(8-17-12)13(18)16-6-3-7-21(15,19)20/h1-2,4-5,8H,3,6-7H2,(H2,14,17)(H,16,18)(H2,15,19,20). The fourth-order valence-electron chi connectivity index (χ4n) is 1.97. The van der Waals surface area contributed by atoms with Crippen molar-refractivity contribution in [2.75, 3.05) is 18.0 Å². The Hall–Kier alpha value is -2.19. The molecule has 112 valence electrons. The van der Waals surface area contributed by atoms with Gasteiger partial charge in [-0.2, -0.15) is 0 Å². The van der Waals surface area contributed by atoms with E-state index in [1.165, 1.54) is 6.20 Å².